The topological polar surface area (TPSA) is 140 Å². The van der Waals surface area contributed by atoms with Gasteiger partial charge in [0.05, 0.1) is 12.5 Å². The molecule has 188 valence electrons. The van der Waals surface area contributed by atoms with Gasteiger partial charge in [-0.25, -0.2) is 4.79 Å². The maximum absolute atomic E-state index is 13.2. The van der Waals surface area contributed by atoms with Crippen molar-refractivity contribution in [3.05, 3.63) is 11.6 Å². The van der Waals surface area contributed by atoms with Crippen molar-refractivity contribution >= 4 is 17.7 Å². The third-order valence-corrected chi connectivity index (χ3v) is 9.89. The van der Waals surface area contributed by atoms with Crippen LogP contribution in [-0.2, 0) is 28.6 Å². The van der Waals surface area contributed by atoms with Crippen molar-refractivity contribution in [2.24, 2.45) is 40.4 Å². The summed E-state index contributed by atoms with van der Waals surface area (Å²) in [5.41, 5.74) is -1.51. The number of rotatable bonds is 3. The number of hydrogen-bond acceptors (Lipinski definition) is 9. The molecule has 3 unspecified atom stereocenters. The van der Waals surface area contributed by atoms with E-state index in [0.29, 0.717) is 12.8 Å². The van der Waals surface area contributed by atoms with Crippen LogP contribution in [0.3, 0.4) is 0 Å². The van der Waals surface area contributed by atoms with Crippen molar-refractivity contribution in [3.63, 3.8) is 0 Å². The molecule has 5 rings (SSSR count). The smallest absolute Gasteiger partial charge is 0.348 e. The number of hydrogen-bond donors (Lipinski definition) is 3. The Morgan fingerprint density at radius 3 is 2.65 bits per heavy atom. The maximum atomic E-state index is 13.2. The molecule has 9 nitrogen and oxygen atoms in total. The van der Waals surface area contributed by atoms with Gasteiger partial charge in [-0.05, 0) is 37.7 Å². The number of carbonyl (C=O) groups excluding carboxylic acids is 3. The molecule has 1 spiro atoms. The number of aliphatic hydroxyl groups excluding tert-OH is 2. The molecule has 3 N–H and O–H groups in total. The molecule has 2 bridgehead atoms. The summed E-state index contributed by atoms with van der Waals surface area (Å²) in [6, 6.07) is 0. The minimum absolute atomic E-state index is 0.0540. The summed E-state index contributed by atoms with van der Waals surface area (Å²) in [5.74, 6) is -6.89. The summed E-state index contributed by atoms with van der Waals surface area (Å²) in [6.07, 6.45) is -2.58. The lowest BCUT2D eigenvalue weighted by molar-refractivity contribution is -0.340. The molecule has 12 atom stereocenters. The normalized spacial score (nSPS) is 52.2. The highest BCUT2D eigenvalue weighted by Crippen LogP contribution is 2.73. The van der Waals surface area contributed by atoms with Crippen LogP contribution in [0, 0.1) is 40.4 Å². The van der Waals surface area contributed by atoms with Gasteiger partial charge in [-0.15, -0.1) is 0 Å². The number of ether oxygens (including phenoxy) is 3. The van der Waals surface area contributed by atoms with Crippen molar-refractivity contribution in [1.29, 1.82) is 0 Å². The summed E-state index contributed by atoms with van der Waals surface area (Å²) in [6.45, 7) is 8.74. The lowest BCUT2D eigenvalue weighted by atomic mass is 9.38. The molecule has 5 aliphatic rings. The van der Waals surface area contributed by atoms with E-state index in [9.17, 15) is 29.7 Å². The minimum atomic E-state index is -2.06. The second kappa shape index (κ2) is 7.35. The Balaban J connectivity index is 1.69. The summed E-state index contributed by atoms with van der Waals surface area (Å²) in [5, 5.41) is 34.3. The van der Waals surface area contributed by atoms with Gasteiger partial charge in [0.2, 0.25) is 6.10 Å². The number of carbonyl (C=O) groups is 3. The van der Waals surface area contributed by atoms with Crippen molar-refractivity contribution < 1.29 is 43.9 Å². The second-order valence-corrected chi connectivity index (χ2v) is 11.4. The van der Waals surface area contributed by atoms with E-state index in [2.05, 4.69) is 0 Å². The molecule has 2 aliphatic heterocycles. The molecule has 2 heterocycles. The van der Waals surface area contributed by atoms with E-state index in [0.717, 1.165) is 5.57 Å². The molecule has 4 fully saturated rings. The molecule has 2 saturated carbocycles. The van der Waals surface area contributed by atoms with Crippen molar-refractivity contribution in [1.82, 2.24) is 0 Å². The Morgan fingerprint density at radius 1 is 1.32 bits per heavy atom. The average Bonchev–Trinajstić information content (AvgIpc) is 3.08. The van der Waals surface area contributed by atoms with Gasteiger partial charge in [-0.3, -0.25) is 9.59 Å². The first kappa shape index (κ1) is 23.9. The van der Waals surface area contributed by atoms with Crippen LogP contribution >= 0.6 is 0 Å². The highest BCUT2D eigenvalue weighted by Gasteiger charge is 2.83. The first-order valence-corrected chi connectivity index (χ1v) is 12.2. The molecule has 0 aromatic carbocycles. The zero-order valence-corrected chi connectivity index (χ0v) is 20.2. The number of allylic oxidation sites excluding steroid dienone is 1. The predicted octanol–water partition coefficient (Wildman–Crippen LogP) is 0.734. The van der Waals surface area contributed by atoms with Crippen LogP contribution < -0.4 is 0 Å². The molecule has 0 amide bonds. The summed E-state index contributed by atoms with van der Waals surface area (Å²) in [4.78, 5) is 38.7. The maximum Gasteiger partial charge on any atom is 0.348 e. The summed E-state index contributed by atoms with van der Waals surface area (Å²) in [7, 11) is 0. The fourth-order valence-electron chi connectivity index (χ4n) is 8.14. The van der Waals surface area contributed by atoms with Gasteiger partial charge >= 0.3 is 11.9 Å². The monoisotopic (exact) mass is 478 g/mol. The van der Waals surface area contributed by atoms with Crippen LogP contribution in [-0.4, -0.2) is 69.9 Å². The van der Waals surface area contributed by atoms with Crippen LogP contribution in [0.25, 0.3) is 0 Å². The minimum Gasteiger partial charge on any atom is -0.459 e. The quantitative estimate of drug-likeness (QED) is 0.501. The summed E-state index contributed by atoms with van der Waals surface area (Å²) < 4.78 is 17.6. The van der Waals surface area contributed by atoms with E-state index in [1.807, 2.05) is 6.92 Å². The Morgan fingerprint density at radius 2 is 2.00 bits per heavy atom. The SMILES string of the molecule is CCC(C)C(=O)O[C@H]1C(=O)O[C@@H]2C[C@H]3C(C)=CC(=O)[C@@H](O)[C@]3(C)[C@@H]3C24CO[C@]3(O)[C@H](O)C(C)[C@H]14. The standard InChI is InChI=1S/C25H34O9/c1-6-10(2)20(29)34-17-16-12(4)18(27)25(31)22-23(5)13(11(3)7-14(26)19(23)28)8-15(33-21(17)30)24(16,22)9-32-25/h7,10,12-13,15-19,22,27-28,31H,6,8-9H2,1-5H3/t10?,12?,13-,15+,16+,17+,18+,19+,22+,23+,24?,25+/m0/s1. The van der Waals surface area contributed by atoms with Crippen molar-refractivity contribution in [2.75, 3.05) is 6.61 Å². The summed E-state index contributed by atoms with van der Waals surface area (Å²) >= 11 is 0. The zero-order chi connectivity index (χ0) is 25.0. The van der Waals surface area contributed by atoms with Gasteiger partial charge in [0.15, 0.2) is 11.6 Å². The number of ketones is 1. The molecular weight excluding hydrogens is 444 g/mol. The van der Waals surface area contributed by atoms with Crippen LogP contribution in [0.4, 0.5) is 0 Å². The van der Waals surface area contributed by atoms with E-state index in [4.69, 9.17) is 14.2 Å². The van der Waals surface area contributed by atoms with Crippen molar-refractivity contribution in [2.45, 2.75) is 77.7 Å². The van der Waals surface area contributed by atoms with Crippen LogP contribution in [0.5, 0.6) is 0 Å². The lowest BCUT2D eigenvalue weighted by Gasteiger charge is -2.68. The van der Waals surface area contributed by atoms with Gasteiger partial charge in [-0.1, -0.05) is 33.3 Å². The van der Waals surface area contributed by atoms with Gasteiger partial charge < -0.3 is 29.5 Å². The zero-order valence-electron chi connectivity index (χ0n) is 20.2. The average molecular weight is 479 g/mol. The Kier molecular flexibility index (Phi) is 5.17. The highest BCUT2D eigenvalue weighted by molar-refractivity contribution is 5.96. The molecular formula is C25H34O9. The van der Waals surface area contributed by atoms with Crippen molar-refractivity contribution in [3.8, 4) is 0 Å². The third kappa shape index (κ3) is 2.61. The Labute approximate surface area is 198 Å². The first-order valence-electron chi connectivity index (χ1n) is 12.2. The third-order valence-electron chi connectivity index (χ3n) is 9.89. The molecule has 2 saturated heterocycles. The van der Waals surface area contributed by atoms with E-state index in [-0.39, 0.29) is 12.5 Å². The fraction of sp³-hybridized carbons (Fsp3) is 0.800. The van der Waals surface area contributed by atoms with Crippen LogP contribution in [0.2, 0.25) is 0 Å². The number of aliphatic hydroxyl groups is 3. The van der Waals surface area contributed by atoms with E-state index >= 15 is 0 Å². The van der Waals surface area contributed by atoms with Gasteiger partial charge in [0.1, 0.15) is 18.3 Å². The van der Waals surface area contributed by atoms with Gasteiger partial charge in [-0.2, -0.15) is 0 Å². The fourth-order valence-corrected chi connectivity index (χ4v) is 8.14. The van der Waals surface area contributed by atoms with Gasteiger partial charge in [0.25, 0.3) is 0 Å². The molecule has 3 aliphatic carbocycles. The number of esters is 2. The van der Waals surface area contributed by atoms with E-state index < -0.39 is 82.4 Å². The van der Waals surface area contributed by atoms with Crippen LogP contribution in [0.1, 0.15) is 47.5 Å². The molecule has 0 aromatic heterocycles. The molecule has 0 aromatic rings. The Bertz CT molecular complexity index is 975. The molecule has 0 radical (unpaired) electrons. The first-order chi connectivity index (χ1) is 15.8. The van der Waals surface area contributed by atoms with Gasteiger partial charge in [0, 0.05) is 22.7 Å². The lowest BCUT2D eigenvalue weighted by Crippen LogP contribution is -2.78. The second-order valence-electron chi connectivity index (χ2n) is 11.4. The van der Waals surface area contributed by atoms with Crippen LogP contribution in [0.15, 0.2) is 11.6 Å². The van der Waals surface area contributed by atoms with E-state index in [1.165, 1.54) is 6.08 Å². The highest BCUT2D eigenvalue weighted by atomic mass is 16.7. The molecule has 9 heteroatoms. The van der Waals surface area contributed by atoms with E-state index in [1.54, 1.807) is 27.7 Å². The Hall–Kier alpha value is -1.81. The molecule has 34 heavy (non-hydrogen) atoms. The predicted molar refractivity (Wildman–Crippen MR) is 116 cm³/mol. The number of fused-ring (bicyclic) bond motifs is 1. The largest absolute Gasteiger partial charge is 0.459 e.